The predicted octanol–water partition coefficient (Wildman–Crippen LogP) is 0.424. The van der Waals surface area contributed by atoms with Crippen molar-refractivity contribution in [2.24, 2.45) is 0 Å². The monoisotopic (exact) mass is 625 g/mol. The fourth-order valence-electron chi connectivity index (χ4n) is 3.14. The molecule has 3 amide bonds. The number of benzene rings is 1. The number of rotatable bonds is 18. The molecular weight excluding hydrogens is 586 g/mol. The zero-order valence-corrected chi connectivity index (χ0v) is 24.3. The Hall–Kier alpha value is -4.77. The van der Waals surface area contributed by atoms with Crippen LogP contribution in [-0.4, -0.2) is 92.0 Å². The van der Waals surface area contributed by atoms with Crippen molar-refractivity contribution in [1.29, 1.82) is 0 Å². The van der Waals surface area contributed by atoms with Crippen molar-refractivity contribution in [3.05, 3.63) is 65.8 Å². The van der Waals surface area contributed by atoms with Crippen molar-refractivity contribution >= 4 is 35.7 Å². The Morgan fingerprint density at radius 1 is 1.02 bits per heavy atom. The van der Waals surface area contributed by atoms with Crippen LogP contribution < -0.4 is 16.0 Å². The van der Waals surface area contributed by atoms with E-state index in [1.807, 2.05) is 0 Å². The molecule has 0 heterocycles. The molecule has 9 N–H and O–H groups in total. The maximum Gasteiger partial charge on any atom is 0.326 e. The molecule has 0 spiro atoms. The second kappa shape index (κ2) is 21.9. The van der Waals surface area contributed by atoms with Gasteiger partial charge in [-0.1, -0.05) is 36.9 Å². The van der Waals surface area contributed by atoms with Crippen molar-refractivity contribution in [1.82, 2.24) is 16.0 Å². The third-order valence-corrected chi connectivity index (χ3v) is 5.24. The van der Waals surface area contributed by atoms with Crippen LogP contribution in [0, 0.1) is 0 Å². The number of amides is 3. The maximum absolute atomic E-state index is 12.4. The number of nitrogens with one attached hydrogen (secondary N) is 3. The molecule has 0 aromatic heterocycles. The zero-order chi connectivity index (χ0) is 33.7. The Kier molecular flexibility index (Phi) is 19.5. The van der Waals surface area contributed by atoms with E-state index in [0.717, 1.165) is 0 Å². The smallest absolute Gasteiger partial charge is 0.326 e. The molecule has 3 unspecified atom stereocenters. The normalized spacial score (nSPS) is 13.0. The van der Waals surface area contributed by atoms with E-state index in [4.69, 9.17) is 20.2 Å². The van der Waals surface area contributed by atoms with Gasteiger partial charge in [-0.2, -0.15) is 0 Å². The Balaban J connectivity index is 0.00000590. The number of carboxylic acids is 2. The Labute approximate surface area is 253 Å². The lowest BCUT2D eigenvalue weighted by molar-refractivity contribution is -0.194. The van der Waals surface area contributed by atoms with E-state index in [-0.39, 0.29) is 38.2 Å². The molecule has 0 fully saturated rings. The van der Waals surface area contributed by atoms with Crippen LogP contribution in [0.25, 0.3) is 6.08 Å². The molecule has 0 saturated heterocycles. The molecule has 0 saturated carbocycles. The average Bonchev–Trinajstić information content (AvgIpc) is 2.94. The first-order valence-corrected chi connectivity index (χ1v) is 13.1. The minimum Gasteiger partial charge on any atom is -0.505 e. The van der Waals surface area contributed by atoms with Gasteiger partial charge in [-0.15, -0.1) is 0 Å². The third kappa shape index (κ3) is 17.2. The molecule has 0 aliphatic heterocycles. The highest BCUT2D eigenvalue weighted by Gasteiger charge is 2.21. The average molecular weight is 626 g/mol. The van der Waals surface area contributed by atoms with Crippen LogP contribution >= 0.6 is 0 Å². The van der Waals surface area contributed by atoms with Gasteiger partial charge in [-0.3, -0.25) is 19.2 Å². The van der Waals surface area contributed by atoms with Gasteiger partial charge in [-0.05, 0) is 37.5 Å². The number of carbonyl (C=O) groups is 5. The molecule has 0 radical (unpaired) electrons. The van der Waals surface area contributed by atoms with Gasteiger partial charge in [0.1, 0.15) is 12.1 Å². The highest BCUT2D eigenvalue weighted by molar-refractivity contribution is 5.89. The molecule has 3 atom stereocenters. The number of carboxylic acid groups (broad SMARTS) is 2. The molecule has 16 heteroatoms. The molecule has 0 aliphatic rings. The van der Waals surface area contributed by atoms with Crippen LogP contribution in [0.2, 0.25) is 0 Å². The van der Waals surface area contributed by atoms with E-state index >= 15 is 0 Å². The highest BCUT2D eigenvalue weighted by atomic mass is 17.1. The number of hydrogen-bond acceptors (Lipinski definition) is 11. The number of aliphatic hydroxyl groups is 3. The maximum atomic E-state index is 12.4. The summed E-state index contributed by atoms with van der Waals surface area (Å²) < 4.78 is 4.78. The van der Waals surface area contributed by atoms with Gasteiger partial charge in [0.2, 0.25) is 24.0 Å². The lowest BCUT2D eigenvalue weighted by Crippen LogP contribution is -2.44. The van der Waals surface area contributed by atoms with E-state index in [0.29, 0.717) is 17.4 Å². The van der Waals surface area contributed by atoms with Gasteiger partial charge in [0.05, 0.1) is 19.4 Å². The third-order valence-electron chi connectivity index (χ3n) is 5.24. The lowest BCUT2D eigenvalue weighted by atomic mass is 10.0. The van der Waals surface area contributed by atoms with Crippen LogP contribution in [-0.2, 0) is 40.0 Å². The molecule has 44 heavy (non-hydrogen) atoms. The van der Waals surface area contributed by atoms with Crippen LogP contribution in [0.15, 0.2) is 54.6 Å². The summed E-state index contributed by atoms with van der Waals surface area (Å²) in [7, 11) is 0. The standard InChI is InChI=1S/C26H33N3O12.C2H6O/c1-15(27-24(35)16(2)28-21(31)11-12-40-26(38)20(30)14-41-39)7-8-17-5-3-4-6-18(17)13-22(32)29-19(25(36)37)9-10-23(33)34;1-2-3/h3-8,14,16,19,26,30,38-39H,1,9-13H2,2H3,(H,27,35)(H,28,31)(H,29,32)(H,33,34)(H,36,37);3H,2H2,1H3/b8-7-,20-14+;. The van der Waals surface area contributed by atoms with Crippen molar-refractivity contribution in [2.75, 3.05) is 13.2 Å². The lowest BCUT2D eigenvalue weighted by Gasteiger charge is -2.15. The number of ether oxygens (including phenoxy) is 1. The van der Waals surface area contributed by atoms with Crippen molar-refractivity contribution in [2.45, 2.75) is 57.9 Å². The highest BCUT2D eigenvalue weighted by Crippen LogP contribution is 2.13. The van der Waals surface area contributed by atoms with E-state index in [1.54, 1.807) is 37.3 Å². The number of carbonyl (C=O) groups excluding carboxylic acids is 3. The fraction of sp³-hybridized carbons (Fsp3) is 0.393. The van der Waals surface area contributed by atoms with E-state index in [2.05, 4.69) is 27.4 Å². The van der Waals surface area contributed by atoms with Gasteiger partial charge >= 0.3 is 11.9 Å². The molecule has 1 aromatic carbocycles. The molecule has 1 aromatic rings. The van der Waals surface area contributed by atoms with Gasteiger partial charge in [-0.25, -0.2) is 10.1 Å². The largest absolute Gasteiger partial charge is 0.505 e. The minimum atomic E-state index is -1.82. The zero-order valence-electron chi connectivity index (χ0n) is 24.3. The topological polar surface area (TPSA) is 261 Å². The molecule has 244 valence electrons. The van der Waals surface area contributed by atoms with E-state index in [1.165, 1.54) is 13.0 Å². The summed E-state index contributed by atoms with van der Waals surface area (Å²) in [5.74, 6) is -5.16. The van der Waals surface area contributed by atoms with Crippen LogP contribution in [0.5, 0.6) is 0 Å². The van der Waals surface area contributed by atoms with E-state index < -0.39 is 60.2 Å². The Morgan fingerprint density at radius 2 is 1.66 bits per heavy atom. The van der Waals surface area contributed by atoms with E-state index in [9.17, 15) is 39.3 Å². The van der Waals surface area contributed by atoms with Crippen molar-refractivity contribution in [3.63, 3.8) is 0 Å². The van der Waals surface area contributed by atoms with Crippen LogP contribution in [0.4, 0.5) is 0 Å². The molecule has 0 bridgehead atoms. The second-order valence-electron chi connectivity index (χ2n) is 8.84. The second-order valence-corrected chi connectivity index (χ2v) is 8.84. The quantitative estimate of drug-likeness (QED) is 0.0353. The summed E-state index contributed by atoms with van der Waals surface area (Å²) in [5, 5.41) is 59.6. The van der Waals surface area contributed by atoms with Crippen molar-refractivity contribution in [3.8, 4) is 0 Å². The molecular formula is C28H39N3O13. The van der Waals surface area contributed by atoms with Gasteiger partial charge in [0, 0.05) is 18.7 Å². The number of allylic oxidation sites excluding steroid dienone is 1. The van der Waals surface area contributed by atoms with Gasteiger partial charge in [0.15, 0.2) is 12.0 Å². The summed E-state index contributed by atoms with van der Waals surface area (Å²) in [6.45, 7) is 6.75. The minimum absolute atomic E-state index is 0.162. The van der Waals surface area contributed by atoms with Gasteiger partial charge < -0.3 is 51.1 Å². The summed E-state index contributed by atoms with van der Waals surface area (Å²) in [5.41, 5.74) is 1.27. The number of hydrogen-bond donors (Lipinski definition) is 9. The van der Waals surface area contributed by atoms with Crippen LogP contribution in [0.1, 0.15) is 44.2 Å². The summed E-state index contributed by atoms with van der Waals surface area (Å²) >= 11 is 0. The van der Waals surface area contributed by atoms with Crippen molar-refractivity contribution < 1.29 is 64.4 Å². The van der Waals surface area contributed by atoms with Crippen LogP contribution in [0.3, 0.4) is 0 Å². The number of aliphatic hydroxyl groups excluding tert-OH is 3. The van der Waals surface area contributed by atoms with Gasteiger partial charge in [0.25, 0.3) is 0 Å². The Bertz CT molecular complexity index is 1180. The predicted molar refractivity (Wildman–Crippen MR) is 154 cm³/mol. The molecule has 16 nitrogen and oxygen atoms in total. The first-order chi connectivity index (χ1) is 20.7. The summed E-state index contributed by atoms with van der Waals surface area (Å²) in [6, 6.07) is 4.37. The SMILES string of the molecule is C=C(/C=C\c1ccccc1CC(=O)NC(CCC(=O)O)C(=O)O)NC(=O)C(C)NC(=O)CCOC(O)/C(O)=C\OO.CCO. The summed E-state index contributed by atoms with van der Waals surface area (Å²) in [4.78, 5) is 62.4. The fourth-order valence-corrected chi connectivity index (χ4v) is 3.14. The molecule has 0 aliphatic carbocycles. The first-order valence-electron chi connectivity index (χ1n) is 13.1. The Morgan fingerprint density at radius 3 is 2.25 bits per heavy atom. The number of aliphatic carboxylic acids is 2. The summed E-state index contributed by atoms with van der Waals surface area (Å²) in [6.07, 6.45) is 0.496. The first kappa shape index (κ1) is 39.2. The molecule has 1 rings (SSSR count).